The average molecular weight is 218 g/mol. The van der Waals surface area contributed by atoms with Crippen LogP contribution in [0.25, 0.3) is 0 Å². The molecule has 7 heteroatoms. The van der Waals surface area contributed by atoms with Crippen molar-refractivity contribution in [2.75, 3.05) is 19.8 Å². The summed E-state index contributed by atoms with van der Waals surface area (Å²) in [4.78, 5) is 21.9. The number of carbonyl (C=O) groups is 1. The lowest BCUT2D eigenvalue weighted by Gasteiger charge is -2.30. The smallest absolute Gasteiger partial charge is 0.327 e. The summed E-state index contributed by atoms with van der Waals surface area (Å²) in [6, 6.07) is -1.13. The van der Waals surface area contributed by atoms with E-state index in [9.17, 15) is 9.70 Å². The number of hydrogen-bond acceptors (Lipinski definition) is 7. The van der Waals surface area contributed by atoms with Crippen molar-refractivity contribution in [3.05, 3.63) is 4.91 Å². The molecule has 7 nitrogen and oxygen atoms in total. The molecule has 1 saturated heterocycles. The van der Waals surface area contributed by atoms with Crippen LogP contribution in [0.15, 0.2) is 5.18 Å². The maximum atomic E-state index is 11.3. The van der Waals surface area contributed by atoms with Crippen LogP contribution in [-0.4, -0.2) is 42.7 Å². The first-order valence-corrected chi connectivity index (χ1v) is 4.65. The van der Waals surface area contributed by atoms with Crippen molar-refractivity contribution in [2.45, 2.75) is 24.6 Å². The number of nitroso groups, excluding NO2 is 1. The molecule has 1 rings (SSSR count). The normalized spacial score (nSPS) is 21.7. The van der Waals surface area contributed by atoms with E-state index < -0.39 is 24.3 Å². The van der Waals surface area contributed by atoms with E-state index in [4.69, 9.17) is 20.3 Å². The average Bonchev–Trinajstić information content (AvgIpc) is 2.29. The zero-order chi connectivity index (χ0) is 11.3. The lowest BCUT2D eigenvalue weighted by molar-refractivity contribution is -0.170. The van der Waals surface area contributed by atoms with Crippen molar-refractivity contribution in [1.82, 2.24) is 0 Å². The standard InChI is InChI=1S/C8H14N2O5/c9-6(5-11)7(12)15-8(10-13)1-3-14-4-2-8/h6,11H,1-5,9H2. The monoisotopic (exact) mass is 218 g/mol. The molecule has 15 heavy (non-hydrogen) atoms. The number of aliphatic hydroxyl groups is 1. The molecule has 0 saturated carbocycles. The van der Waals surface area contributed by atoms with E-state index in [1.54, 1.807) is 0 Å². The summed E-state index contributed by atoms with van der Waals surface area (Å²) in [5, 5.41) is 11.5. The van der Waals surface area contributed by atoms with Gasteiger partial charge in [0.1, 0.15) is 6.04 Å². The highest BCUT2D eigenvalue weighted by molar-refractivity contribution is 5.76. The van der Waals surface area contributed by atoms with E-state index in [-0.39, 0.29) is 12.8 Å². The molecule has 0 amide bonds. The molecular formula is C8H14N2O5. The Balaban J connectivity index is 2.59. The zero-order valence-electron chi connectivity index (χ0n) is 8.22. The molecule has 0 aromatic carbocycles. The quantitative estimate of drug-likeness (QED) is 0.468. The van der Waals surface area contributed by atoms with Crippen LogP contribution in [0.2, 0.25) is 0 Å². The summed E-state index contributed by atoms with van der Waals surface area (Å²) in [5.74, 6) is -0.820. The fourth-order valence-electron chi connectivity index (χ4n) is 1.24. The summed E-state index contributed by atoms with van der Waals surface area (Å²) in [7, 11) is 0. The number of rotatable bonds is 4. The van der Waals surface area contributed by atoms with E-state index in [0.29, 0.717) is 13.2 Å². The highest BCUT2D eigenvalue weighted by Crippen LogP contribution is 2.26. The predicted octanol–water partition coefficient (Wildman–Crippen LogP) is -0.878. The number of hydrogen-bond donors (Lipinski definition) is 2. The molecule has 3 N–H and O–H groups in total. The minimum atomic E-state index is -1.37. The molecule has 86 valence electrons. The minimum absolute atomic E-state index is 0.223. The van der Waals surface area contributed by atoms with Crippen LogP contribution < -0.4 is 5.73 Å². The van der Waals surface area contributed by atoms with Crippen LogP contribution in [0.4, 0.5) is 0 Å². The van der Waals surface area contributed by atoms with Gasteiger partial charge in [0.05, 0.1) is 19.8 Å². The van der Waals surface area contributed by atoms with Crippen molar-refractivity contribution >= 4 is 5.97 Å². The van der Waals surface area contributed by atoms with E-state index in [1.807, 2.05) is 0 Å². The second-order valence-corrected chi connectivity index (χ2v) is 3.36. The summed E-state index contributed by atoms with van der Waals surface area (Å²) in [5.41, 5.74) is 3.87. The highest BCUT2D eigenvalue weighted by Gasteiger charge is 2.39. The Kier molecular flexibility index (Phi) is 4.13. The van der Waals surface area contributed by atoms with Crippen molar-refractivity contribution < 1.29 is 19.4 Å². The Morgan fingerprint density at radius 3 is 2.67 bits per heavy atom. The van der Waals surface area contributed by atoms with Crippen LogP contribution in [-0.2, 0) is 14.3 Å². The van der Waals surface area contributed by atoms with Gasteiger partial charge in [0.15, 0.2) is 0 Å². The Hall–Kier alpha value is -1.05. The van der Waals surface area contributed by atoms with Crippen LogP contribution in [0.3, 0.4) is 0 Å². The Bertz CT molecular complexity index is 239. The van der Waals surface area contributed by atoms with Crippen molar-refractivity contribution in [3.8, 4) is 0 Å². The molecule has 1 fully saturated rings. The van der Waals surface area contributed by atoms with Gasteiger partial charge in [-0.05, 0) is 5.18 Å². The van der Waals surface area contributed by atoms with Gasteiger partial charge >= 0.3 is 5.97 Å². The fourth-order valence-corrected chi connectivity index (χ4v) is 1.24. The number of carbonyl (C=O) groups excluding carboxylic acids is 1. The maximum absolute atomic E-state index is 11.3. The zero-order valence-corrected chi connectivity index (χ0v) is 8.22. The van der Waals surface area contributed by atoms with Gasteiger partial charge in [0.2, 0.25) is 5.72 Å². The van der Waals surface area contributed by atoms with Crippen LogP contribution in [0.5, 0.6) is 0 Å². The van der Waals surface area contributed by atoms with E-state index in [2.05, 4.69) is 5.18 Å². The summed E-state index contributed by atoms with van der Waals surface area (Å²) in [6.07, 6.45) is 0.445. The molecule has 0 bridgehead atoms. The molecule has 1 aliphatic heterocycles. The minimum Gasteiger partial charge on any atom is -0.432 e. The molecule has 1 heterocycles. The van der Waals surface area contributed by atoms with Gasteiger partial charge in [0, 0.05) is 12.8 Å². The molecule has 0 aliphatic carbocycles. The first-order valence-electron chi connectivity index (χ1n) is 4.65. The van der Waals surface area contributed by atoms with Crippen LogP contribution >= 0.6 is 0 Å². The van der Waals surface area contributed by atoms with Crippen molar-refractivity contribution in [1.29, 1.82) is 0 Å². The van der Waals surface area contributed by atoms with Gasteiger partial charge in [-0.3, -0.25) is 4.79 Å². The third-order valence-electron chi connectivity index (χ3n) is 2.23. The summed E-state index contributed by atoms with van der Waals surface area (Å²) in [6.45, 7) is 0.102. The Morgan fingerprint density at radius 2 is 2.20 bits per heavy atom. The van der Waals surface area contributed by atoms with Gasteiger partial charge in [-0.1, -0.05) is 0 Å². The first kappa shape index (κ1) is 12.0. The third-order valence-corrected chi connectivity index (χ3v) is 2.23. The SMILES string of the molecule is NC(CO)C(=O)OC1(N=O)CCOCC1. The number of nitrogens with zero attached hydrogens (tertiary/aromatic N) is 1. The molecular weight excluding hydrogens is 204 g/mol. The Morgan fingerprint density at radius 1 is 1.60 bits per heavy atom. The molecule has 0 aromatic rings. The second kappa shape index (κ2) is 5.15. The molecule has 0 radical (unpaired) electrons. The number of esters is 1. The van der Waals surface area contributed by atoms with Gasteiger partial charge in [-0.2, -0.15) is 0 Å². The molecule has 1 aliphatic rings. The predicted molar refractivity (Wildman–Crippen MR) is 49.7 cm³/mol. The third kappa shape index (κ3) is 2.95. The Labute approximate surface area is 86.5 Å². The molecule has 1 unspecified atom stereocenters. The van der Waals surface area contributed by atoms with Crippen molar-refractivity contribution in [2.24, 2.45) is 10.9 Å². The van der Waals surface area contributed by atoms with Gasteiger partial charge < -0.3 is 20.3 Å². The van der Waals surface area contributed by atoms with E-state index in [0.717, 1.165) is 0 Å². The largest absolute Gasteiger partial charge is 0.432 e. The first-order chi connectivity index (χ1) is 7.13. The maximum Gasteiger partial charge on any atom is 0.327 e. The fraction of sp³-hybridized carbons (Fsp3) is 0.875. The van der Waals surface area contributed by atoms with Gasteiger partial charge in [-0.25, -0.2) is 0 Å². The number of ether oxygens (including phenoxy) is 2. The van der Waals surface area contributed by atoms with Crippen LogP contribution in [0, 0.1) is 4.91 Å². The van der Waals surface area contributed by atoms with Crippen LogP contribution in [0.1, 0.15) is 12.8 Å². The van der Waals surface area contributed by atoms with E-state index in [1.165, 1.54) is 0 Å². The number of aliphatic hydroxyl groups excluding tert-OH is 1. The second-order valence-electron chi connectivity index (χ2n) is 3.36. The molecule has 0 spiro atoms. The lowest BCUT2D eigenvalue weighted by atomic mass is 10.1. The van der Waals surface area contributed by atoms with Gasteiger partial charge in [0.25, 0.3) is 0 Å². The summed E-state index contributed by atoms with van der Waals surface area (Å²) >= 11 is 0. The topological polar surface area (TPSA) is 111 Å². The van der Waals surface area contributed by atoms with Gasteiger partial charge in [-0.15, -0.1) is 4.91 Å². The highest BCUT2D eigenvalue weighted by atomic mass is 16.6. The molecule has 0 aromatic heterocycles. The van der Waals surface area contributed by atoms with Crippen molar-refractivity contribution in [3.63, 3.8) is 0 Å². The number of nitrogens with two attached hydrogens (primary N) is 1. The van der Waals surface area contributed by atoms with E-state index >= 15 is 0 Å². The molecule has 1 atom stereocenters. The lowest BCUT2D eigenvalue weighted by Crippen LogP contribution is -2.45. The summed E-state index contributed by atoms with van der Waals surface area (Å²) < 4.78 is 9.92.